The maximum absolute atomic E-state index is 6.06. The van der Waals surface area contributed by atoms with Gasteiger partial charge in [0.25, 0.3) is 0 Å². The second kappa shape index (κ2) is 6.58. The van der Waals surface area contributed by atoms with Gasteiger partial charge < -0.3 is 14.2 Å². The lowest BCUT2D eigenvalue weighted by atomic mass is 10.2. The van der Waals surface area contributed by atoms with Gasteiger partial charge in [0.15, 0.2) is 11.5 Å². The van der Waals surface area contributed by atoms with Crippen LogP contribution in [-0.2, 0) is 0 Å². The van der Waals surface area contributed by atoms with Gasteiger partial charge in [-0.05, 0) is 24.3 Å². The Morgan fingerprint density at radius 2 is 2.05 bits per heavy atom. The van der Waals surface area contributed by atoms with Gasteiger partial charge in [0.05, 0.1) is 24.0 Å². The largest absolute Gasteiger partial charge is 0.493 e. The van der Waals surface area contributed by atoms with Crippen LogP contribution in [0.5, 0.6) is 17.2 Å². The number of nitrogens with one attached hydrogen (secondary N) is 1. The average molecular weight is 319 g/mol. The summed E-state index contributed by atoms with van der Waals surface area (Å²) in [5.74, 6) is 1.91. The minimum Gasteiger partial charge on any atom is -0.493 e. The van der Waals surface area contributed by atoms with Crippen molar-refractivity contribution >= 4 is 23.5 Å². The van der Waals surface area contributed by atoms with Crippen LogP contribution in [-0.4, -0.2) is 26.5 Å². The Kier molecular flexibility index (Phi) is 4.34. The first-order chi connectivity index (χ1) is 10.8. The predicted molar refractivity (Wildman–Crippen MR) is 86.7 cm³/mol. The topological polar surface area (TPSA) is 52.1 Å². The van der Waals surface area contributed by atoms with Crippen molar-refractivity contribution in [3.05, 3.63) is 47.0 Å². The zero-order valence-electron chi connectivity index (χ0n) is 12.0. The van der Waals surface area contributed by atoms with Crippen molar-refractivity contribution in [2.75, 3.05) is 25.7 Å². The summed E-state index contributed by atoms with van der Waals surface area (Å²) in [6.07, 6.45) is 1.67. The molecule has 0 saturated carbocycles. The van der Waals surface area contributed by atoms with E-state index in [0.717, 1.165) is 11.3 Å². The smallest absolute Gasteiger partial charge is 0.203 e. The van der Waals surface area contributed by atoms with Gasteiger partial charge in [-0.3, -0.25) is 5.43 Å². The summed E-state index contributed by atoms with van der Waals surface area (Å²) in [5, 5.41) is 4.80. The Labute approximate surface area is 133 Å². The summed E-state index contributed by atoms with van der Waals surface area (Å²) in [5.41, 5.74) is 4.48. The van der Waals surface area contributed by atoms with Crippen LogP contribution in [0.4, 0.5) is 5.69 Å². The Bertz CT molecular complexity index is 687. The van der Waals surface area contributed by atoms with Gasteiger partial charge in [-0.2, -0.15) is 5.10 Å². The average Bonchev–Trinajstić information content (AvgIpc) is 2.56. The minimum atomic E-state index is 0.519. The van der Waals surface area contributed by atoms with E-state index in [-0.39, 0.29) is 0 Å². The quantitative estimate of drug-likeness (QED) is 0.691. The molecule has 5 nitrogen and oxygen atoms in total. The van der Waals surface area contributed by atoms with E-state index in [0.29, 0.717) is 35.5 Å². The van der Waals surface area contributed by atoms with Gasteiger partial charge >= 0.3 is 0 Å². The van der Waals surface area contributed by atoms with Crippen LogP contribution in [0, 0.1) is 0 Å². The van der Waals surface area contributed by atoms with E-state index in [1.165, 1.54) is 0 Å². The zero-order valence-corrected chi connectivity index (χ0v) is 12.8. The lowest BCUT2D eigenvalue weighted by Crippen LogP contribution is -2.16. The molecule has 1 N–H and O–H groups in total. The molecular formula is C16H15ClN2O3. The van der Waals surface area contributed by atoms with E-state index in [1.54, 1.807) is 19.4 Å². The standard InChI is InChI=1S/C16H15ClN2O3/c1-20-14-8-11(9-15-16(14)22-7-6-21-15)10-18-19-13-5-3-2-4-12(13)17/h2-5,8-10,19H,6-7H2,1H3/b18-10-. The fourth-order valence-corrected chi connectivity index (χ4v) is 2.27. The Morgan fingerprint density at radius 3 is 2.86 bits per heavy atom. The summed E-state index contributed by atoms with van der Waals surface area (Å²) in [6, 6.07) is 11.1. The van der Waals surface area contributed by atoms with E-state index in [9.17, 15) is 0 Å². The molecule has 1 aliphatic rings. The van der Waals surface area contributed by atoms with Gasteiger partial charge in [-0.15, -0.1) is 0 Å². The number of para-hydroxylation sites is 1. The van der Waals surface area contributed by atoms with E-state index in [1.807, 2.05) is 30.3 Å². The van der Waals surface area contributed by atoms with Crippen molar-refractivity contribution in [1.29, 1.82) is 0 Å². The number of rotatable bonds is 4. The fourth-order valence-electron chi connectivity index (χ4n) is 2.10. The fraction of sp³-hybridized carbons (Fsp3) is 0.188. The third-order valence-corrected chi connectivity index (χ3v) is 3.45. The van der Waals surface area contributed by atoms with Crippen LogP contribution in [0.1, 0.15) is 5.56 Å². The van der Waals surface area contributed by atoms with Crippen LogP contribution in [0.2, 0.25) is 5.02 Å². The number of benzene rings is 2. The predicted octanol–water partition coefficient (Wildman–Crippen LogP) is 3.57. The molecule has 0 atom stereocenters. The summed E-state index contributed by atoms with van der Waals surface area (Å²) >= 11 is 6.06. The van der Waals surface area contributed by atoms with E-state index >= 15 is 0 Å². The van der Waals surface area contributed by atoms with Crippen LogP contribution >= 0.6 is 11.6 Å². The van der Waals surface area contributed by atoms with Crippen LogP contribution in [0.15, 0.2) is 41.5 Å². The van der Waals surface area contributed by atoms with Crippen molar-refractivity contribution in [3.63, 3.8) is 0 Å². The highest BCUT2D eigenvalue weighted by Gasteiger charge is 2.17. The van der Waals surface area contributed by atoms with Gasteiger partial charge in [0.1, 0.15) is 13.2 Å². The molecule has 1 heterocycles. The lowest BCUT2D eigenvalue weighted by molar-refractivity contribution is 0.165. The number of ether oxygens (including phenoxy) is 3. The Hall–Kier alpha value is -2.40. The van der Waals surface area contributed by atoms with Crippen molar-refractivity contribution < 1.29 is 14.2 Å². The van der Waals surface area contributed by atoms with Crippen LogP contribution < -0.4 is 19.6 Å². The maximum atomic E-state index is 6.06. The van der Waals surface area contributed by atoms with Crippen molar-refractivity contribution in [1.82, 2.24) is 0 Å². The Morgan fingerprint density at radius 1 is 1.23 bits per heavy atom. The summed E-state index contributed by atoms with van der Waals surface area (Å²) < 4.78 is 16.5. The second-order valence-corrected chi connectivity index (χ2v) is 5.00. The third-order valence-electron chi connectivity index (χ3n) is 3.12. The first kappa shape index (κ1) is 14.5. The van der Waals surface area contributed by atoms with Gasteiger partial charge in [0.2, 0.25) is 5.75 Å². The van der Waals surface area contributed by atoms with E-state index in [4.69, 9.17) is 25.8 Å². The first-order valence-corrected chi connectivity index (χ1v) is 7.17. The number of hydrogen-bond donors (Lipinski definition) is 1. The highest BCUT2D eigenvalue weighted by atomic mass is 35.5. The third kappa shape index (κ3) is 3.09. The molecule has 114 valence electrons. The molecule has 0 bridgehead atoms. The van der Waals surface area contributed by atoms with Crippen LogP contribution in [0.25, 0.3) is 0 Å². The molecular weight excluding hydrogens is 304 g/mol. The monoisotopic (exact) mass is 318 g/mol. The molecule has 0 saturated heterocycles. The molecule has 0 amide bonds. The molecule has 0 radical (unpaired) electrons. The number of hydrazone groups is 1. The molecule has 0 unspecified atom stereocenters. The molecule has 1 aliphatic heterocycles. The number of hydrogen-bond acceptors (Lipinski definition) is 5. The molecule has 0 fully saturated rings. The molecule has 0 aliphatic carbocycles. The first-order valence-electron chi connectivity index (χ1n) is 6.79. The van der Waals surface area contributed by atoms with Crippen molar-refractivity contribution in [3.8, 4) is 17.2 Å². The number of methoxy groups -OCH3 is 1. The molecule has 0 spiro atoms. The molecule has 6 heteroatoms. The molecule has 0 aromatic heterocycles. The molecule has 3 rings (SSSR count). The van der Waals surface area contributed by atoms with E-state index in [2.05, 4.69) is 10.5 Å². The number of nitrogens with zero attached hydrogens (tertiary/aromatic N) is 1. The summed E-state index contributed by atoms with van der Waals surface area (Å²) in [4.78, 5) is 0. The lowest BCUT2D eigenvalue weighted by Gasteiger charge is -2.20. The van der Waals surface area contributed by atoms with Gasteiger partial charge in [0, 0.05) is 5.56 Å². The highest BCUT2D eigenvalue weighted by molar-refractivity contribution is 6.33. The molecule has 2 aromatic carbocycles. The SMILES string of the molecule is COc1cc(/C=N\Nc2ccccc2Cl)cc2c1OCCO2. The minimum absolute atomic E-state index is 0.519. The maximum Gasteiger partial charge on any atom is 0.203 e. The Balaban J connectivity index is 1.80. The molecule has 2 aromatic rings. The second-order valence-electron chi connectivity index (χ2n) is 4.60. The van der Waals surface area contributed by atoms with E-state index < -0.39 is 0 Å². The normalized spacial score (nSPS) is 13.2. The zero-order chi connectivity index (χ0) is 15.4. The van der Waals surface area contributed by atoms with Gasteiger partial charge in [-0.25, -0.2) is 0 Å². The summed E-state index contributed by atoms with van der Waals surface area (Å²) in [6.45, 7) is 1.04. The number of halogens is 1. The van der Waals surface area contributed by atoms with Gasteiger partial charge in [-0.1, -0.05) is 23.7 Å². The highest BCUT2D eigenvalue weighted by Crippen LogP contribution is 2.40. The van der Waals surface area contributed by atoms with Crippen LogP contribution in [0.3, 0.4) is 0 Å². The summed E-state index contributed by atoms with van der Waals surface area (Å²) in [7, 11) is 1.59. The molecule has 22 heavy (non-hydrogen) atoms. The number of anilines is 1. The van der Waals surface area contributed by atoms with Crippen molar-refractivity contribution in [2.24, 2.45) is 5.10 Å². The van der Waals surface area contributed by atoms with Crippen molar-refractivity contribution in [2.45, 2.75) is 0 Å². The number of fused-ring (bicyclic) bond motifs is 1.